The van der Waals surface area contributed by atoms with Crippen molar-refractivity contribution >= 4 is 22.8 Å². The summed E-state index contributed by atoms with van der Waals surface area (Å²) in [7, 11) is 1.32. The summed E-state index contributed by atoms with van der Waals surface area (Å²) in [5.41, 5.74) is 1.26. The molecule has 0 amide bonds. The first-order valence-corrected chi connectivity index (χ1v) is 4.84. The number of carbonyl (C=O) groups excluding carboxylic acids is 2. The first-order chi connectivity index (χ1) is 7.63. The molecule has 1 heterocycles. The fraction of sp³-hybridized carbons (Fsp3) is 0.167. The minimum Gasteiger partial charge on any atom is -0.452 e. The number of fused-ring (bicyclic) bond motifs is 1. The number of hydrogen-bond acceptors (Lipinski definition) is 3. The average Bonchev–Trinajstić information content (AvgIpc) is 2.70. The lowest BCUT2D eigenvalue weighted by Crippen LogP contribution is -2.09. The molecule has 16 heavy (non-hydrogen) atoms. The molecule has 0 aliphatic heterocycles. The van der Waals surface area contributed by atoms with Gasteiger partial charge in [0.1, 0.15) is 0 Å². The number of methoxy groups -OCH3 is 1. The van der Waals surface area contributed by atoms with Crippen molar-refractivity contribution < 1.29 is 14.3 Å². The van der Waals surface area contributed by atoms with Crippen molar-refractivity contribution in [2.75, 3.05) is 7.11 Å². The summed E-state index contributed by atoms with van der Waals surface area (Å²) < 4.78 is 6.02. The summed E-state index contributed by atoms with van der Waals surface area (Å²) in [5.74, 6) is -0.0282. The molecule has 0 unspecified atom stereocenters. The predicted molar refractivity (Wildman–Crippen MR) is 59.7 cm³/mol. The Hall–Kier alpha value is -2.10. The third-order valence-electron chi connectivity index (χ3n) is 2.47. The minimum atomic E-state index is -0.462. The number of ether oxygens (including phenoxy) is 1. The molecule has 4 nitrogen and oxygen atoms in total. The van der Waals surface area contributed by atoms with Gasteiger partial charge in [-0.2, -0.15) is 0 Å². The molecule has 0 aliphatic carbocycles. The number of nitrogens with zero attached hydrogens (tertiary/aromatic N) is 1. The van der Waals surface area contributed by atoms with Gasteiger partial charge >= 0.3 is 6.09 Å². The van der Waals surface area contributed by atoms with E-state index < -0.39 is 6.09 Å². The van der Waals surface area contributed by atoms with Gasteiger partial charge in [-0.1, -0.05) is 12.1 Å². The molecule has 0 fully saturated rings. The van der Waals surface area contributed by atoms with Gasteiger partial charge in [0.2, 0.25) is 0 Å². The van der Waals surface area contributed by atoms with Crippen LogP contribution in [0.2, 0.25) is 0 Å². The highest BCUT2D eigenvalue weighted by atomic mass is 16.5. The highest BCUT2D eigenvalue weighted by molar-refractivity contribution is 5.99. The molecule has 1 aromatic carbocycles. The van der Waals surface area contributed by atoms with E-state index in [1.165, 1.54) is 18.6 Å². The van der Waals surface area contributed by atoms with Crippen molar-refractivity contribution in [2.45, 2.75) is 6.92 Å². The summed E-state index contributed by atoms with van der Waals surface area (Å²) in [5, 5.41) is 0.899. The zero-order valence-electron chi connectivity index (χ0n) is 9.06. The average molecular weight is 217 g/mol. The lowest BCUT2D eigenvalue weighted by Gasteiger charge is -2.02. The number of rotatable bonds is 1. The van der Waals surface area contributed by atoms with Gasteiger partial charge in [-0.05, 0) is 19.1 Å². The molecule has 0 radical (unpaired) electrons. The number of Topliss-reactive ketones (excluding diaryl/α,β-unsaturated/α-hetero) is 1. The topological polar surface area (TPSA) is 48.3 Å². The molecule has 2 rings (SSSR count). The van der Waals surface area contributed by atoms with Gasteiger partial charge in [-0.25, -0.2) is 4.79 Å². The standard InChI is InChI=1S/C12H11NO3/c1-8(14)10-4-3-9-5-6-13(11(9)7-10)12(15)16-2/h3-7H,1-2H3. The van der Waals surface area contributed by atoms with Crippen LogP contribution in [0.1, 0.15) is 17.3 Å². The third kappa shape index (κ3) is 1.58. The Morgan fingerprint density at radius 3 is 2.62 bits per heavy atom. The maximum atomic E-state index is 11.4. The van der Waals surface area contributed by atoms with Crippen LogP contribution in [-0.2, 0) is 4.74 Å². The lowest BCUT2D eigenvalue weighted by atomic mass is 10.1. The summed E-state index contributed by atoms with van der Waals surface area (Å²) in [6.07, 6.45) is 1.16. The van der Waals surface area contributed by atoms with E-state index in [0.29, 0.717) is 11.1 Å². The molecule has 0 saturated carbocycles. The van der Waals surface area contributed by atoms with Crippen LogP contribution in [0.15, 0.2) is 30.5 Å². The van der Waals surface area contributed by atoms with Crippen LogP contribution in [0.3, 0.4) is 0 Å². The molecule has 0 bridgehead atoms. The number of benzene rings is 1. The fourth-order valence-corrected chi connectivity index (χ4v) is 1.60. The molecule has 2 aromatic rings. The van der Waals surface area contributed by atoms with Crippen LogP contribution in [0.5, 0.6) is 0 Å². The van der Waals surface area contributed by atoms with Crippen molar-refractivity contribution in [1.29, 1.82) is 0 Å². The molecule has 4 heteroatoms. The Kier molecular flexibility index (Phi) is 2.48. The molecule has 0 N–H and O–H groups in total. The Labute approximate surface area is 92.4 Å². The SMILES string of the molecule is COC(=O)n1ccc2ccc(C(C)=O)cc21. The van der Waals surface area contributed by atoms with Gasteiger partial charge in [-0.15, -0.1) is 0 Å². The molecular weight excluding hydrogens is 206 g/mol. The Morgan fingerprint density at radius 1 is 1.25 bits per heavy atom. The molecular formula is C12H11NO3. The molecule has 1 aromatic heterocycles. The van der Waals surface area contributed by atoms with E-state index in [2.05, 4.69) is 4.74 Å². The smallest absolute Gasteiger partial charge is 0.418 e. The van der Waals surface area contributed by atoms with Gasteiger partial charge in [0.25, 0.3) is 0 Å². The Bertz CT molecular complexity index is 569. The number of hydrogen-bond donors (Lipinski definition) is 0. The Morgan fingerprint density at radius 2 is 2.00 bits per heavy atom. The monoisotopic (exact) mass is 217 g/mol. The molecule has 0 saturated heterocycles. The highest BCUT2D eigenvalue weighted by Crippen LogP contribution is 2.18. The minimum absolute atomic E-state index is 0.0282. The molecule has 0 aliphatic rings. The first kappa shape index (κ1) is 10.4. The van der Waals surface area contributed by atoms with E-state index in [4.69, 9.17) is 0 Å². The lowest BCUT2D eigenvalue weighted by molar-refractivity contribution is 0.101. The quantitative estimate of drug-likeness (QED) is 0.689. The van der Waals surface area contributed by atoms with E-state index in [1.807, 2.05) is 6.07 Å². The van der Waals surface area contributed by atoms with Crippen LogP contribution in [-0.4, -0.2) is 23.6 Å². The van der Waals surface area contributed by atoms with Crippen LogP contribution < -0.4 is 0 Å². The Balaban J connectivity index is 2.64. The number of aromatic nitrogens is 1. The van der Waals surface area contributed by atoms with Gasteiger partial charge in [-0.3, -0.25) is 9.36 Å². The summed E-state index contributed by atoms with van der Waals surface area (Å²) >= 11 is 0. The van der Waals surface area contributed by atoms with Crippen molar-refractivity contribution in [1.82, 2.24) is 4.57 Å². The van der Waals surface area contributed by atoms with E-state index >= 15 is 0 Å². The van der Waals surface area contributed by atoms with Crippen molar-refractivity contribution in [3.05, 3.63) is 36.0 Å². The van der Waals surface area contributed by atoms with Crippen LogP contribution in [0.4, 0.5) is 4.79 Å². The summed E-state index contributed by atoms with van der Waals surface area (Å²) in [4.78, 5) is 22.7. The van der Waals surface area contributed by atoms with Crippen LogP contribution in [0, 0.1) is 0 Å². The van der Waals surface area contributed by atoms with Gasteiger partial charge in [0.15, 0.2) is 5.78 Å². The summed E-state index contributed by atoms with van der Waals surface area (Å²) in [6.45, 7) is 1.49. The van der Waals surface area contributed by atoms with Crippen LogP contribution >= 0.6 is 0 Å². The fourth-order valence-electron chi connectivity index (χ4n) is 1.60. The third-order valence-corrected chi connectivity index (χ3v) is 2.47. The van der Waals surface area contributed by atoms with Crippen molar-refractivity contribution in [2.24, 2.45) is 0 Å². The molecule has 0 atom stereocenters. The predicted octanol–water partition coefficient (Wildman–Crippen LogP) is 2.46. The summed E-state index contributed by atoms with van der Waals surface area (Å²) in [6, 6.07) is 7.04. The second-order valence-electron chi connectivity index (χ2n) is 3.49. The first-order valence-electron chi connectivity index (χ1n) is 4.84. The number of ketones is 1. The zero-order chi connectivity index (χ0) is 11.7. The zero-order valence-corrected chi connectivity index (χ0v) is 9.06. The van der Waals surface area contributed by atoms with Gasteiger partial charge < -0.3 is 4.74 Å². The second-order valence-corrected chi connectivity index (χ2v) is 3.49. The van der Waals surface area contributed by atoms with E-state index in [9.17, 15) is 9.59 Å². The largest absolute Gasteiger partial charge is 0.452 e. The normalized spacial score (nSPS) is 10.4. The van der Waals surface area contributed by atoms with Crippen molar-refractivity contribution in [3.63, 3.8) is 0 Å². The highest BCUT2D eigenvalue weighted by Gasteiger charge is 2.10. The van der Waals surface area contributed by atoms with E-state index in [-0.39, 0.29) is 5.78 Å². The maximum absolute atomic E-state index is 11.4. The maximum Gasteiger partial charge on any atom is 0.418 e. The second kappa shape index (κ2) is 3.81. The number of carbonyl (C=O) groups is 2. The van der Waals surface area contributed by atoms with Crippen LogP contribution in [0.25, 0.3) is 10.9 Å². The van der Waals surface area contributed by atoms with Crippen molar-refractivity contribution in [3.8, 4) is 0 Å². The molecule has 82 valence electrons. The van der Waals surface area contributed by atoms with E-state index in [1.54, 1.807) is 24.4 Å². The molecule has 0 spiro atoms. The van der Waals surface area contributed by atoms with Gasteiger partial charge in [0.05, 0.1) is 12.6 Å². The van der Waals surface area contributed by atoms with E-state index in [0.717, 1.165) is 5.39 Å². The van der Waals surface area contributed by atoms with Gasteiger partial charge in [0, 0.05) is 17.1 Å².